The quantitative estimate of drug-likeness (QED) is 0.846. The summed E-state index contributed by atoms with van der Waals surface area (Å²) in [6.45, 7) is 9.45. The van der Waals surface area contributed by atoms with Crippen LogP contribution in [0.25, 0.3) is 0 Å². The molecule has 0 spiro atoms. The van der Waals surface area contributed by atoms with Crippen LogP contribution in [0.5, 0.6) is 0 Å². The van der Waals surface area contributed by atoms with Crippen LogP contribution >= 0.6 is 15.9 Å². The molecule has 0 amide bonds. The van der Waals surface area contributed by atoms with Crippen molar-refractivity contribution < 1.29 is 4.39 Å². The summed E-state index contributed by atoms with van der Waals surface area (Å²) in [4.78, 5) is 0. The van der Waals surface area contributed by atoms with Crippen molar-refractivity contribution in [2.45, 2.75) is 34.1 Å². The molecule has 1 nitrogen and oxygen atoms in total. The first-order valence-corrected chi connectivity index (χ1v) is 6.28. The zero-order valence-corrected chi connectivity index (χ0v) is 11.9. The van der Waals surface area contributed by atoms with E-state index in [1.165, 1.54) is 0 Å². The normalized spacial score (nSPS) is 11.6. The Labute approximate surface area is 106 Å². The van der Waals surface area contributed by atoms with Crippen LogP contribution in [0.1, 0.15) is 32.8 Å². The van der Waals surface area contributed by atoms with E-state index in [0.29, 0.717) is 9.89 Å². The lowest BCUT2D eigenvalue weighted by Crippen LogP contribution is -2.13. The maximum atomic E-state index is 13.2. The van der Waals surface area contributed by atoms with Crippen LogP contribution in [0, 0.1) is 18.2 Å². The summed E-state index contributed by atoms with van der Waals surface area (Å²) in [6, 6.07) is 3.34. The van der Waals surface area contributed by atoms with E-state index in [0.717, 1.165) is 24.2 Å². The average Bonchev–Trinajstić information content (AvgIpc) is 2.11. The molecule has 1 aromatic rings. The Balaban J connectivity index is 2.64. The summed E-state index contributed by atoms with van der Waals surface area (Å²) >= 11 is 3.20. The van der Waals surface area contributed by atoms with Crippen molar-refractivity contribution in [1.82, 2.24) is 0 Å². The molecule has 0 aromatic heterocycles. The monoisotopic (exact) mass is 287 g/mol. The van der Waals surface area contributed by atoms with Gasteiger partial charge in [-0.05, 0) is 52.4 Å². The molecule has 0 unspecified atom stereocenters. The molecular formula is C13H19BrFN. The number of hydrogen-bond acceptors (Lipinski definition) is 1. The highest BCUT2D eigenvalue weighted by Crippen LogP contribution is 2.25. The van der Waals surface area contributed by atoms with Gasteiger partial charge in [0.05, 0.1) is 4.47 Å². The molecule has 0 fully saturated rings. The molecule has 0 saturated carbocycles. The van der Waals surface area contributed by atoms with Crippen molar-refractivity contribution in [1.29, 1.82) is 0 Å². The van der Waals surface area contributed by atoms with Crippen molar-refractivity contribution in [2.24, 2.45) is 5.41 Å². The van der Waals surface area contributed by atoms with Gasteiger partial charge in [0.2, 0.25) is 0 Å². The highest BCUT2D eigenvalue weighted by atomic mass is 79.9. The SMILES string of the molecule is Cc1cc(F)c(Br)cc1NCCC(C)(C)C. The van der Waals surface area contributed by atoms with Crippen LogP contribution in [-0.2, 0) is 0 Å². The van der Waals surface area contributed by atoms with Gasteiger partial charge in [0.25, 0.3) is 0 Å². The van der Waals surface area contributed by atoms with E-state index in [1.54, 1.807) is 12.1 Å². The molecule has 1 aromatic carbocycles. The first kappa shape index (κ1) is 13.5. The van der Waals surface area contributed by atoms with Gasteiger partial charge in [-0.25, -0.2) is 4.39 Å². The number of nitrogens with one attached hydrogen (secondary N) is 1. The topological polar surface area (TPSA) is 12.0 Å². The molecule has 1 N–H and O–H groups in total. The Bertz CT molecular complexity index is 369. The largest absolute Gasteiger partial charge is 0.385 e. The number of aryl methyl sites for hydroxylation is 1. The Morgan fingerprint density at radius 1 is 1.31 bits per heavy atom. The lowest BCUT2D eigenvalue weighted by atomic mass is 9.92. The van der Waals surface area contributed by atoms with E-state index in [2.05, 4.69) is 42.0 Å². The van der Waals surface area contributed by atoms with Gasteiger partial charge in [-0.1, -0.05) is 20.8 Å². The number of halogens is 2. The standard InChI is InChI=1S/C13H19BrFN/c1-9-7-11(15)10(14)8-12(9)16-6-5-13(2,3)4/h7-8,16H,5-6H2,1-4H3. The van der Waals surface area contributed by atoms with Gasteiger partial charge in [0, 0.05) is 12.2 Å². The van der Waals surface area contributed by atoms with Gasteiger partial charge in [-0.2, -0.15) is 0 Å². The fourth-order valence-corrected chi connectivity index (χ4v) is 1.75. The fourth-order valence-electron chi connectivity index (χ4n) is 1.41. The van der Waals surface area contributed by atoms with E-state index < -0.39 is 0 Å². The molecule has 0 radical (unpaired) electrons. The molecule has 1 rings (SSSR count). The van der Waals surface area contributed by atoms with Crippen LogP contribution in [0.4, 0.5) is 10.1 Å². The maximum Gasteiger partial charge on any atom is 0.137 e. The highest BCUT2D eigenvalue weighted by Gasteiger charge is 2.10. The lowest BCUT2D eigenvalue weighted by molar-refractivity contribution is 0.390. The Morgan fingerprint density at radius 3 is 2.50 bits per heavy atom. The van der Waals surface area contributed by atoms with E-state index in [1.807, 2.05) is 6.92 Å². The second kappa shape index (κ2) is 5.17. The zero-order chi connectivity index (χ0) is 12.3. The molecule has 0 aliphatic heterocycles. The Morgan fingerprint density at radius 2 is 1.94 bits per heavy atom. The van der Waals surface area contributed by atoms with Crippen LogP contribution in [-0.4, -0.2) is 6.54 Å². The van der Waals surface area contributed by atoms with Crippen molar-refractivity contribution in [3.63, 3.8) is 0 Å². The molecule has 16 heavy (non-hydrogen) atoms. The average molecular weight is 288 g/mol. The van der Waals surface area contributed by atoms with Crippen molar-refractivity contribution >= 4 is 21.6 Å². The summed E-state index contributed by atoms with van der Waals surface area (Å²) in [5.74, 6) is -0.209. The lowest BCUT2D eigenvalue weighted by Gasteiger charge is -2.19. The molecule has 0 aliphatic carbocycles. The Kier molecular flexibility index (Phi) is 4.36. The van der Waals surface area contributed by atoms with E-state index >= 15 is 0 Å². The summed E-state index contributed by atoms with van der Waals surface area (Å²) < 4.78 is 13.7. The predicted molar refractivity (Wildman–Crippen MR) is 71.4 cm³/mol. The van der Waals surface area contributed by atoms with Crippen molar-refractivity contribution in [3.05, 3.63) is 28.0 Å². The second-order valence-corrected chi connectivity index (χ2v) is 6.17. The summed E-state index contributed by atoms with van der Waals surface area (Å²) in [5, 5.41) is 3.34. The molecule has 0 heterocycles. The minimum atomic E-state index is -0.209. The zero-order valence-electron chi connectivity index (χ0n) is 10.3. The van der Waals surface area contributed by atoms with E-state index in [4.69, 9.17) is 0 Å². The van der Waals surface area contributed by atoms with Gasteiger partial charge in [-0.3, -0.25) is 0 Å². The molecule has 0 atom stereocenters. The maximum absolute atomic E-state index is 13.2. The van der Waals surface area contributed by atoms with Crippen LogP contribution in [0.2, 0.25) is 0 Å². The van der Waals surface area contributed by atoms with Crippen LogP contribution in [0.3, 0.4) is 0 Å². The first-order chi connectivity index (χ1) is 7.29. The summed E-state index contributed by atoms with van der Waals surface area (Å²) in [6.07, 6.45) is 1.08. The van der Waals surface area contributed by atoms with Gasteiger partial charge in [0.1, 0.15) is 5.82 Å². The number of hydrogen-bond donors (Lipinski definition) is 1. The third-order valence-electron chi connectivity index (χ3n) is 2.46. The third kappa shape index (κ3) is 4.12. The minimum Gasteiger partial charge on any atom is -0.385 e. The van der Waals surface area contributed by atoms with Gasteiger partial charge < -0.3 is 5.32 Å². The fraction of sp³-hybridized carbons (Fsp3) is 0.538. The van der Waals surface area contributed by atoms with Crippen molar-refractivity contribution in [3.8, 4) is 0 Å². The molecule has 0 saturated heterocycles. The summed E-state index contributed by atoms with van der Waals surface area (Å²) in [5.41, 5.74) is 2.25. The highest BCUT2D eigenvalue weighted by molar-refractivity contribution is 9.10. The molecule has 0 bridgehead atoms. The third-order valence-corrected chi connectivity index (χ3v) is 3.07. The molecular weight excluding hydrogens is 269 g/mol. The summed E-state index contributed by atoms with van der Waals surface area (Å²) in [7, 11) is 0. The second-order valence-electron chi connectivity index (χ2n) is 5.32. The molecule has 90 valence electrons. The van der Waals surface area contributed by atoms with Crippen LogP contribution < -0.4 is 5.32 Å². The predicted octanol–water partition coefficient (Wildman–Crippen LogP) is 4.74. The van der Waals surface area contributed by atoms with E-state index in [-0.39, 0.29) is 5.82 Å². The van der Waals surface area contributed by atoms with Crippen molar-refractivity contribution in [2.75, 3.05) is 11.9 Å². The molecule has 3 heteroatoms. The number of benzene rings is 1. The smallest absolute Gasteiger partial charge is 0.137 e. The minimum absolute atomic E-state index is 0.209. The number of anilines is 1. The molecule has 0 aliphatic rings. The number of rotatable bonds is 3. The van der Waals surface area contributed by atoms with Crippen LogP contribution in [0.15, 0.2) is 16.6 Å². The van der Waals surface area contributed by atoms with Gasteiger partial charge in [-0.15, -0.1) is 0 Å². The van der Waals surface area contributed by atoms with Gasteiger partial charge in [0.15, 0.2) is 0 Å². The van der Waals surface area contributed by atoms with E-state index in [9.17, 15) is 4.39 Å². The Hall–Kier alpha value is -0.570. The van der Waals surface area contributed by atoms with Gasteiger partial charge >= 0.3 is 0 Å². The first-order valence-electron chi connectivity index (χ1n) is 5.49.